The fourth-order valence-corrected chi connectivity index (χ4v) is 4.37. The van der Waals surface area contributed by atoms with Gasteiger partial charge in [-0.05, 0) is 68.5 Å². The second-order valence-electron chi connectivity index (χ2n) is 8.12. The van der Waals surface area contributed by atoms with Crippen LogP contribution in [0.3, 0.4) is 0 Å². The first-order valence-electron chi connectivity index (χ1n) is 10.5. The molecule has 1 heterocycles. The highest BCUT2D eigenvalue weighted by Crippen LogP contribution is 2.38. The van der Waals surface area contributed by atoms with Crippen LogP contribution in [0, 0.1) is 12.7 Å². The number of hydrogen-bond acceptors (Lipinski definition) is 3. The minimum absolute atomic E-state index is 0.0542. The number of benzene rings is 2. The van der Waals surface area contributed by atoms with Crippen LogP contribution < -0.4 is 5.32 Å². The standard InChI is InChI=1S/C24H26FN3O2/c1-17-8-4-5-9-20(17)26-21(29)16-28-23(30)22(18-10-12-19(25)13-11-18)27-24(28)14-6-2-3-7-15-24/h4-5,8-13H,2-3,6-7,14-16H2,1H3,(H,26,29). The highest BCUT2D eigenvalue weighted by Gasteiger charge is 2.47. The van der Waals surface area contributed by atoms with Crippen molar-refractivity contribution in [2.24, 2.45) is 4.99 Å². The smallest absolute Gasteiger partial charge is 0.275 e. The SMILES string of the molecule is Cc1ccccc1NC(=O)CN1C(=O)C(c2ccc(F)cc2)=NC12CCCCCC2. The monoisotopic (exact) mass is 407 g/mol. The van der Waals surface area contributed by atoms with E-state index in [1.807, 2.05) is 31.2 Å². The van der Waals surface area contributed by atoms with Gasteiger partial charge in [0.1, 0.15) is 23.7 Å². The molecule has 1 fully saturated rings. The van der Waals surface area contributed by atoms with Gasteiger partial charge < -0.3 is 10.2 Å². The molecule has 5 nitrogen and oxygen atoms in total. The molecule has 0 saturated heterocycles. The molecule has 6 heteroatoms. The molecule has 1 saturated carbocycles. The minimum Gasteiger partial charge on any atom is -0.324 e. The second-order valence-corrected chi connectivity index (χ2v) is 8.12. The molecule has 0 aromatic heterocycles. The maximum absolute atomic E-state index is 13.4. The number of amides is 2. The molecule has 0 atom stereocenters. The fourth-order valence-electron chi connectivity index (χ4n) is 4.37. The lowest BCUT2D eigenvalue weighted by Gasteiger charge is -2.35. The summed E-state index contributed by atoms with van der Waals surface area (Å²) in [5.74, 6) is -0.858. The average molecular weight is 407 g/mol. The summed E-state index contributed by atoms with van der Waals surface area (Å²) in [6.45, 7) is 1.88. The summed E-state index contributed by atoms with van der Waals surface area (Å²) in [5, 5.41) is 2.92. The van der Waals surface area contributed by atoms with Crippen LogP contribution in [-0.4, -0.2) is 34.6 Å². The Morgan fingerprint density at radius 3 is 2.40 bits per heavy atom. The third-order valence-electron chi connectivity index (χ3n) is 6.01. The molecule has 4 rings (SSSR count). The van der Waals surface area contributed by atoms with Crippen LogP contribution in [0.1, 0.15) is 49.7 Å². The maximum Gasteiger partial charge on any atom is 0.275 e. The summed E-state index contributed by atoms with van der Waals surface area (Å²) in [6.07, 6.45) is 5.59. The van der Waals surface area contributed by atoms with Crippen LogP contribution in [0.4, 0.5) is 10.1 Å². The lowest BCUT2D eigenvalue weighted by Crippen LogP contribution is -2.50. The molecular formula is C24H26FN3O2. The fraction of sp³-hybridized carbons (Fsp3) is 0.375. The Balaban J connectivity index is 1.61. The summed E-state index contributed by atoms with van der Waals surface area (Å²) in [7, 11) is 0. The number of aryl methyl sites for hydroxylation is 1. The normalized spacial score (nSPS) is 18.3. The van der Waals surface area contributed by atoms with Crippen LogP contribution in [0.5, 0.6) is 0 Å². The van der Waals surface area contributed by atoms with Crippen molar-refractivity contribution in [3.8, 4) is 0 Å². The molecule has 1 aliphatic carbocycles. The van der Waals surface area contributed by atoms with Gasteiger partial charge in [-0.15, -0.1) is 0 Å². The first kappa shape index (κ1) is 20.3. The molecule has 30 heavy (non-hydrogen) atoms. The number of para-hydroxylation sites is 1. The Kier molecular flexibility index (Phi) is 5.66. The van der Waals surface area contributed by atoms with Crippen molar-refractivity contribution < 1.29 is 14.0 Å². The van der Waals surface area contributed by atoms with Gasteiger partial charge in [0.2, 0.25) is 5.91 Å². The molecule has 2 aliphatic rings. The van der Waals surface area contributed by atoms with Gasteiger partial charge in [-0.2, -0.15) is 0 Å². The van der Waals surface area contributed by atoms with Crippen molar-refractivity contribution >= 4 is 23.2 Å². The number of carbonyl (C=O) groups excluding carboxylic acids is 2. The lowest BCUT2D eigenvalue weighted by atomic mass is 10.00. The molecule has 2 amide bonds. The van der Waals surface area contributed by atoms with Crippen molar-refractivity contribution in [2.45, 2.75) is 51.1 Å². The Hall–Kier alpha value is -3.02. The predicted molar refractivity (Wildman–Crippen MR) is 115 cm³/mol. The third-order valence-corrected chi connectivity index (χ3v) is 6.01. The highest BCUT2D eigenvalue weighted by atomic mass is 19.1. The number of nitrogens with one attached hydrogen (secondary N) is 1. The number of halogens is 1. The van der Waals surface area contributed by atoms with E-state index in [1.54, 1.807) is 17.0 Å². The van der Waals surface area contributed by atoms with E-state index in [0.717, 1.165) is 49.8 Å². The van der Waals surface area contributed by atoms with E-state index in [9.17, 15) is 14.0 Å². The summed E-state index contributed by atoms with van der Waals surface area (Å²) in [6, 6.07) is 13.4. The number of carbonyl (C=O) groups is 2. The van der Waals surface area contributed by atoms with Crippen LogP contribution in [0.25, 0.3) is 0 Å². The molecule has 1 aliphatic heterocycles. The summed E-state index contributed by atoms with van der Waals surface area (Å²) in [4.78, 5) is 32.7. The molecule has 2 aromatic rings. The number of hydrogen-bond donors (Lipinski definition) is 1. The van der Waals surface area contributed by atoms with Crippen molar-refractivity contribution in [3.63, 3.8) is 0 Å². The van der Waals surface area contributed by atoms with Crippen LogP contribution in [0.15, 0.2) is 53.5 Å². The van der Waals surface area contributed by atoms with Crippen molar-refractivity contribution in [2.75, 3.05) is 11.9 Å². The quantitative estimate of drug-likeness (QED) is 0.814. The van der Waals surface area contributed by atoms with E-state index in [-0.39, 0.29) is 24.2 Å². The van der Waals surface area contributed by atoms with Crippen LogP contribution >= 0.6 is 0 Å². The summed E-state index contributed by atoms with van der Waals surface area (Å²) < 4.78 is 13.4. The molecular weight excluding hydrogens is 381 g/mol. The van der Waals surface area contributed by atoms with E-state index in [0.29, 0.717) is 11.3 Å². The average Bonchev–Trinajstić information content (AvgIpc) is 2.88. The van der Waals surface area contributed by atoms with Gasteiger partial charge >= 0.3 is 0 Å². The lowest BCUT2D eigenvalue weighted by molar-refractivity contribution is -0.133. The molecule has 1 N–H and O–H groups in total. The van der Waals surface area contributed by atoms with Gasteiger partial charge in [0, 0.05) is 11.3 Å². The van der Waals surface area contributed by atoms with Gasteiger partial charge in [-0.3, -0.25) is 14.6 Å². The van der Waals surface area contributed by atoms with Gasteiger partial charge in [-0.1, -0.05) is 31.0 Å². The largest absolute Gasteiger partial charge is 0.324 e. The zero-order valence-electron chi connectivity index (χ0n) is 17.2. The molecule has 0 bridgehead atoms. The molecule has 0 radical (unpaired) electrons. The maximum atomic E-state index is 13.4. The Labute approximate surface area is 176 Å². The van der Waals surface area contributed by atoms with Gasteiger partial charge in [0.05, 0.1) is 0 Å². The third kappa shape index (κ3) is 3.99. The first-order chi connectivity index (χ1) is 14.5. The summed E-state index contributed by atoms with van der Waals surface area (Å²) >= 11 is 0. The van der Waals surface area contributed by atoms with Gasteiger partial charge in [0.15, 0.2) is 0 Å². The van der Waals surface area contributed by atoms with E-state index in [4.69, 9.17) is 4.99 Å². The topological polar surface area (TPSA) is 61.8 Å². The van der Waals surface area contributed by atoms with Crippen molar-refractivity contribution in [3.05, 3.63) is 65.5 Å². The Morgan fingerprint density at radius 2 is 1.73 bits per heavy atom. The van der Waals surface area contributed by atoms with Crippen LogP contribution in [-0.2, 0) is 9.59 Å². The zero-order chi connectivity index (χ0) is 21.1. The second kappa shape index (κ2) is 8.38. The number of anilines is 1. The number of aliphatic imine (C=N–C) groups is 1. The van der Waals surface area contributed by atoms with E-state index in [2.05, 4.69) is 5.32 Å². The van der Waals surface area contributed by atoms with Gasteiger partial charge in [-0.25, -0.2) is 4.39 Å². The first-order valence-corrected chi connectivity index (χ1v) is 10.5. The molecule has 2 aromatic carbocycles. The zero-order valence-corrected chi connectivity index (χ0v) is 17.2. The Bertz CT molecular complexity index is 976. The van der Waals surface area contributed by atoms with Gasteiger partial charge in [0.25, 0.3) is 5.91 Å². The number of rotatable bonds is 4. The van der Waals surface area contributed by atoms with E-state index >= 15 is 0 Å². The highest BCUT2D eigenvalue weighted by molar-refractivity contribution is 6.47. The predicted octanol–water partition coefficient (Wildman–Crippen LogP) is 4.45. The molecule has 1 spiro atoms. The number of nitrogens with zero attached hydrogens (tertiary/aromatic N) is 2. The Morgan fingerprint density at radius 1 is 1.07 bits per heavy atom. The van der Waals surface area contributed by atoms with E-state index in [1.165, 1.54) is 12.1 Å². The summed E-state index contributed by atoms with van der Waals surface area (Å²) in [5.41, 5.74) is 1.92. The van der Waals surface area contributed by atoms with Crippen molar-refractivity contribution in [1.82, 2.24) is 4.90 Å². The minimum atomic E-state index is -0.694. The molecule has 156 valence electrons. The molecule has 0 unspecified atom stereocenters. The van der Waals surface area contributed by atoms with E-state index < -0.39 is 5.66 Å². The van der Waals surface area contributed by atoms with Crippen LogP contribution in [0.2, 0.25) is 0 Å². The van der Waals surface area contributed by atoms with Crippen molar-refractivity contribution in [1.29, 1.82) is 0 Å².